The van der Waals surface area contributed by atoms with Gasteiger partial charge in [0.2, 0.25) is 0 Å². The Morgan fingerprint density at radius 2 is 1.54 bits per heavy atom. The van der Waals surface area contributed by atoms with E-state index in [-0.39, 0.29) is 0 Å². The molecule has 0 fully saturated rings. The molecule has 0 bridgehead atoms. The average molecular weight is 349 g/mol. The molecule has 0 saturated heterocycles. The van der Waals surface area contributed by atoms with Gasteiger partial charge in [0.15, 0.2) is 11.6 Å². The van der Waals surface area contributed by atoms with E-state index >= 15 is 0 Å². The van der Waals surface area contributed by atoms with Crippen LogP contribution in [0.2, 0.25) is 0 Å². The standard InChI is InChI=1S/C19H13F2N5/c20-14-7-6-13(9-15(14)21)25-17-10-18(24-11-23-17)26-16-5-1-3-12-4-2-8-22-19(12)16/h1-11H,(H2,23,24,25,26). The Morgan fingerprint density at radius 3 is 2.38 bits per heavy atom. The normalized spacial score (nSPS) is 10.7. The van der Waals surface area contributed by atoms with Crippen molar-refractivity contribution in [2.75, 3.05) is 10.6 Å². The number of pyridine rings is 1. The van der Waals surface area contributed by atoms with Crippen molar-refractivity contribution >= 4 is 33.9 Å². The first-order chi connectivity index (χ1) is 12.7. The molecule has 2 heterocycles. The third kappa shape index (κ3) is 3.27. The maximum atomic E-state index is 13.3. The van der Waals surface area contributed by atoms with E-state index in [1.165, 1.54) is 12.4 Å². The molecule has 2 aromatic heterocycles. The molecular formula is C19H13F2N5. The zero-order valence-corrected chi connectivity index (χ0v) is 13.4. The summed E-state index contributed by atoms with van der Waals surface area (Å²) in [6.07, 6.45) is 3.10. The van der Waals surface area contributed by atoms with Gasteiger partial charge in [0.1, 0.15) is 18.0 Å². The molecular weight excluding hydrogens is 336 g/mol. The van der Waals surface area contributed by atoms with Crippen LogP contribution in [0.4, 0.5) is 31.8 Å². The summed E-state index contributed by atoms with van der Waals surface area (Å²) in [7, 11) is 0. The zero-order chi connectivity index (χ0) is 17.9. The molecule has 0 saturated carbocycles. The Bertz CT molecular complexity index is 1080. The van der Waals surface area contributed by atoms with Crippen LogP contribution in [0.25, 0.3) is 10.9 Å². The first kappa shape index (κ1) is 15.9. The second kappa shape index (κ2) is 6.72. The van der Waals surface area contributed by atoms with Crippen LogP contribution >= 0.6 is 0 Å². The largest absolute Gasteiger partial charge is 0.340 e. The van der Waals surface area contributed by atoms with Crippen LogP contribution in [0.1, 0.15) is 0 Å². The smallest absolute Gasteiger partial charge is 0.160 e. The van der Waals surface area contributed by atoms with Gasteiger partial charge in [0, 0.05) is 29.4 Å². The molecule has 26 heavy (non-hydrogen) atoms. The highest BCUT2D eigenvalue weighted by Gasteiger charge is 2.06. The van der Waals surface area contributed by atoms with Gasteiger partial charge in [-0.05, 0) is 24.3 Å². The van der Waals surface area contributed by atoms with Gasteiger partial charge < -0.3 is 10.6 Å². The van der Waals surface area contributed by atoms with Gasteiger partial charge in [0.05, 0.1) is 11.2 Å². The molecule has 0 radical (unpaired) electrons. The zero-order valence-electron chi connectivity index (χ0n) is 13.4. The third-order valence-electron chi connectivity index (χ3n) is 3.75. The lowest BCUT2D eigenvalue weighted by atomic mass is 10.2. The van der Waals surface area contributed by atoms with Crippen molar-refractivity contribution in [1.82, 2.24) is 15.0 Å². The van der Waals surface area contributed by atoms with E-state index < -0.39 is 11.6 Å². The van der Waals surface area contributed by atoms with Gasteiger partial charge in [0.25, 0.3) is 0 Å². The first-order valence-electron chi connectivity index (χ1n) is 7.84. The van der Waals surface area contributed by atoms with E-state index in [4.69, 9.17) is 0 Å². The van der Waals surface area contributed by atoms with Crippen LogP contribution in [-0.4, -0.2) is 15.0 Å². The van der Waals surface area contributed by atoms with Crippen LogP contribution in [-0.2, 0) is 0 Å². The molecule has 0 spiro atoms. The van der Waals surface area contributed by atoms with Crippen molar-refractivity contribution in [3.8, 4) is 0 Å². The summed E-state index contributed by atoms with van der Waals surface area (Å²) in [6, 6.07) is 14.9. The number of fused-ring (bicyclic) bond motifs is 1. The van der Waals surface area contributed by atoms with Gasteiger partial charge in [-0.3, -0.25) is 4.98 Å². The summed E-state index contributed by atoms with van der Waals surface area (Å²) >= 11 is 0. The number of halogens is 2. The second-order valence-electron chi connectivity index (χ2n) is 5.55. The van der Waals surface area contributed by atoms with Crippen molar-refractivity contribution in [3.05, 3.63) is 78.8 Å². The Balaban J connectivity index is 1.60. The first-order valence-corrected chi connectivity index (χ1v) is 7.84. The predicted molar refractivity (Wildman–Crippen MR) is 96.7 cm³/mol. The van der Waals surface area contributed by atoms with E-state index in [0.29, 0.717) is 17.3 Å². The number of benzene rings is 2. The van der Waals surface area contributed by atoms with Crippen molar-refractivity contribution in [2.24, 2.45) is 0 Å². The maximum Gasteiger partial charge on any atom is 0.160 e. The highest BCUT2D eigenvalue weighted by molar-refractivity contribution is 5.91. The van der Waals surface area contributed by atoms with Gasteiger partial charge in [-0.1, -0.05) is 18.2 Å². The van der Waals surface area contributed by atoms with Crippen molar-refractivity contribution in [3.63, 3.8) is 0 Å². The lowest BCUT2D eigenvalue weighted by molar-refractivity contribution is 0.509. The predicted octanol–water partition coefficient (Wildman–Crippen LogP) is 4.79. The lowest BCUT2D eigenvalue weighted by Gasteiger charge is -2.10. The maximum absolute atomic E-state index is 13.3. The average Bonchev–Trinajstić information content (AvgIpc) is 2.65. The molecule has 2 aromatic carbocycles. The molecule has 5 nitrogen and oxygen atoms in total. The number of hydrogen-bond donors (Lipinski definition) is 2. The van der Waals surface area contributed by atoms with Gasteiger partial charge in [-0.25, -0.2) is 18.7 Å². The fourth-order valence-electron chi connectivity index (χ4n) is 2.56. The third-order valence-corrected chi connectivity index (χ3v) is 3.75. The summed E-state index contributed by atoms with van der Waals surface area (Å²) in [5.41, 5.74) is 2.02. The van der Waals surface area contributed by atoms with Crippen LogP contribution in [0, 0.1) is 11.6 Å². The van der Waals surface area contributed by atoms with Crippen LogP contribution < -0.4 is 10.6 Å². The number of nitrogens with zero attached hydrogens (tertiary/aromatic N) is 3. The van der Waals surface area contributed by atoms with Crippen molar-refractivity contribution in [1.29, 1.82) is 0 Å². The van der Waals surface area contributed by atoms with E-state index in [1.807, 2.05) is 30.3 Å². The number of hydrogen-bond acceptors (Lipinski definition) is 5. The quantitative estimate of drug-likeness (QED) is 0.555. The van der Waals surface area contributed by atoms with E-state index in [9.17, 15) is 8.78 Å². The molecule has 4 rings (SSSR count). The molecule has 0 amide bonds. The van der Waals surface area contributed by atoms with E-state index in [0.717, 1.165) is 28.7 Å². The molecule has 0 aliphatic rings. The van der Waals surface area contributed by atoms with Gasteiger partial charge in [-0.15, -0.1) is 0 Å². The minimum atomic E-state index is -0.927. The number of para-hydroxylation sites is 1. The number of aromatic nitrogens is 3. The summed E-state index contributed by atoms with van der Waals surface area (Å²) in [5.74, 6) is -0.835. The van der Waals surface area contributed by atoms with E-state index in [2.05, 4.69) is 25.6 Å². The molecule has 0 aliphatic heterocycles. The molecule has 0 atom stereocenters. The fourth-order valence-corrected chi connectivity index (χ4v) is 2.56. The summed E-state index contributed by atoms with van der Waals surface area (Å²) in [6.45, 7) is 0. The highest BCUT2D eigenvalue weighted by atomic mass is 19.2. The highest BCUT2D eigenvalue weighted by Crippen LogP contribution is 2.25. The monoisotopic (exact) mass is 349 g/mol. The fraction of sp³-hybridized carbons (Fsp3) is 0. The topological polar surface area (TPSA) is 62.7 Å². The number of rotatable bonds is 4. The SMILES string of the molecule is Fc1ccc(Nc2cc(Nc3cccc4cccnc34)ncn2)cc1F. The summed E-state index contributed by atoms with van der Waals surface area (Å²) < 4.78 is 26.4. The van der Waals surface area contributed by atoms with Crippen LogP contribution in [0.5, 0.6) is 0 Å². The second-order valence-corrected chi connectivity index (χ2v) is 5.55. The van der Waals surface area contributed by atoms with Crippen LogP contribution in [0.15, 0.2) is 67.1 Å². The molecule has 2 N–H and O–H groups in total. The van der Waals surface area contributed by atoms with Crippen molar-refractivity contribution in [2.45, 2.75) is 0 Å². The Morgan fingerprint density at radius 1 is 0.731 bits per heavy atom. The Labute approximate surface area is 147 Å². The van der Waals surface area contributed by atoms with Gasteiger partial charge >= 0.3 is 0 Å². The number of nitrogens with one attached hydrogen (secondary N) is 2. The van der Waals surface area contributed by atoms with Crippen LogP contribution in [0.3, 0.4) is 0 Å². The molecule has 128 valence electrons. The van der Waals surface area contributed by atoms with Gasteiger partial charge in [-0.2, -0.15) is 0 Å². The van der Waals surface area contributed by atoms with Crippen molar-refractivity contribution < 1.29 is 8.78 Å². The molecule has 0 unspecified atom stereocenters. The van der Waals surface area contributed by atoms with E-state index in [1.54, 1.807) is 12.3 Å². The lowest BCUT2D eigenvalue weighted by Crippen LogP contribution is -2.00. The summed E-state index contributed by atoms with van der Waals surface area (Å²) in [5, 5.41) is 7.13. The minimum Gasteiger partial charge on any atom is -0.340 e. The molecule has 0 aliphatic carbocycles. The molecule has 7 heteroatoms. The summed E-state index contributed by atoms with van der Waals surface area (Å²) in [4.78, 5) is 12.7. The Kier molecular flexibility index (Phi) is 4.10. The Hall–Kier alpha value is -3.61. The molecule has 4 aromatic rings. The number of anilines is 4. The minimum absolute atomic E-state index is 0.389.